The maximum absolute atomic E-state index is 12.3. The molecule has 3 rings (SSSR count). The molecule has 0 fully saturated rings. The Balaban J connectivity index is 1.61. The molecule has 0 bridgehead atoms. The number of amides is 1. The van der Waals surface area contributed by atoms with Crippen molar-refractivity contribution in [2.75, 3.05) is 26.0 Å². The van der Waals surface area contributed by atoms with Crippen LogP contribution in [0.25, 0.3) is 11.5 Å². The van der Waals surface area contributed by atoms with Gasteiger partial charge in [0, 0.05) is 16.3 Å². The van der Waals surface area contributed by atoms with Crippen LogP contribution >= 0.6 is 11.6 Å². The van der Waals surface area contributed by atoms with Gasteiger partial charge in [-0.25, -0.2) is 0 Å². The molecule has 0 saturated heterocycles. The number of methoxy groups -OCH3 is 1. The third-order valence-corrected chi connectivity index (χ3v) is 4.57. The van der Waals surface area contributed by atoms with Gasteiger partial charge in [-0.15, -0.1) is 10.2 Å². The topological polar surface area (TPSA) is 80.5 Å². The highest BCUT2D eigenvalue weighted by molar-refractivity contribution is 6.30. The van der Waals surface area contributed by atoms with Crippen LogP contribution < -0.4 is 10.1 Å². The van der Waals surface area contributed by atoms with Gasteiger partial charge in [-0.05, 0) is 62.5 Å². The fourth-order valence-electron chi connectivity index (χ4n) is 2.54. The Morgan fingerprint density at radius 3 is 2.50 bits per heavy atom. The van der Waals surface area contributed by atoms with Crippen LogP contribution in [0.3, 0.4) is 0 Å². The highest BCUT2D eigenvalue weighted by Crippen LogP contribution is 2.24. The average Bonchev–Trinajstić information content (AvgIpc) is 3.19. The van der Waals surface area contributed by atoms with Gasteiger partial charge in [0.1, 0.15) is 5.75 Å². The molecule has 1 N–H and O–H groups in total. The first-order valence-corrected chi connectivity index (χ1v) is 9.07. The van der Waals surface area contributed by atoms with Gasteiger partial charge in [0.25, 0.3) is 0 Å². The molecule has 3 aromatic rings. The van der Waals surface area contributed by atoms with E-state index in [2.05, 4.69) is 15.5 Å². The number of benzene rings is 2. The van der Waals surface area contributed by atoms with Crippen LogP contribution in [0.1, 0.15) is 18.9 Å². The fourth-order valence-corrected chi connectivity index (χ4v) is 2.67. The third kappa shape index (κ3) is 4.88. The smallest absolute Gasteiger partial charge is 0.247 e. The van der Waals surface area contributed by atoms with Gasteiger partial charge in [-0.3, -0.25) is 9.69 Å². The van der Waals surface area contributed by atoms with E-state index in [9.17, 15) is 4.79 Å². The number of carbonyl (C=O) groups excluding carboxylic acids is 1. The number of nitrogens with zero attached hydrogens (tertiary/aromatic N) is 3. The molecule has 28 heavy (non-hydrogen) atoms. The summed E-state index contributed by atoms with van der Waals surface area (Å²) in [5, 5.41) is 11.7. The Kier molecular flexibility index (Phi) is 6.28. The van der Waals surface area contributed by atoms with Crippen LogP contribution in [0, 0.1) is 0 Å². The van der Waals surface area contributed by atoms with Crippen LogP contribution in [0.2, 0.25) is 5.02 Å². The van der Waals surface area contributed by atoms with Crippen molar-refractivity contribution >= 4 is 23.2 Å². The molecule has 1 heterocycles. The summed E-state index contributed by atoms with van der Waals surface area (Å²) in [5.41, 5.74) is 1.49. The first-order chi connectivity index (χ1) is 13.5. The minimum atomic E-state index is -0.226. The summed E-state index contributed by atoms with van der Waals surface area (Å²) in [4.78, 5) is 14.1. The lowest BCUT2D eigenvalue weighted by atomic mass is 10.2. The van der Waals surface area contributed by atoms with Crippen molar-refractivity contribution < 1.29 is 13.9 Å². The Bertz CT molecular complexity index is 925. The predicted molar refractivity (Wildman–Crippen MR) is 107 cm³/mol. The summed E-state index contributed by atoms with van der Waals surface area (Å²) in [6.07, 6.45) is 0. The van der Waals surface area contributed by atoms with E-state index in [1.165, 1.54) is 0 Å². The van der Waals surface area contributed by atoms with E-state index < -0.39 is 0 Å². The molecule has 8 heteroatoms. The quantitative estimate of drug-likeness (QED) is 0.644. The van der Waals surface area contributed by atoms with E-state index in [1.54, 1.807) is 31.4 Å². The number of carbonyl (C=O) groups is 1. The zero-order valence-corrected chi connectivity index (χ0v) is 16.6. The normalized spacial score (nSPS) is 12.0. The number of hydrogen-bond acceptors (Lipinski definition) is 6. The van der Waals surface area contributed by atoms with E-state index in [4.69, 9.17) is 20.8 Å². The largest absolute Gasteiger partial charge is 0.497 e. The molecule has 0 spiro atoms. The first kappa shape index (κ1) is 19.9. The molecule has 1 aromatic heterocycles. The monoisotopic (exact) mass is 400 g/mol. The molecule has 1 atom stereocenters. The lowest BCUT2D eigenvalue weighted by Crippen LogP contribution is -2.32. The van der Waals surface area contributed by atoms with Crippen LogP contribution in [0.4, 0.5) is 5.69 Å². The zero-order valence-electron chi connectivity index (χ0n) is 15.8. The number of ether oxygens (including phenoxy) is 1. The van der Waals surface area contributed by atoms with Crippen molar-refractivity contribution in [1.82, 2.24) is 15.1 Å². The Morgan fingerprint density at radius 2 is 1.86 bits per heavy atom. The van der Waals surface area contributed by atoms with E-state index in [0.717, 1.165) is 11.3 Å². The van der Waals surface area contributed by atoms with Crippen LogP contribution in [-0.2, 0) is 4.79 Å². The minimum absolute atomic E-state index is 0.147. The Hall–Kier alpha value is -2.90. The van der Waals surface area contributed by atoms with Gasteiger partial charge in [-0.1, -0.05) is 11.6 Å². The van der Waals surface area contributed by atoms with Crippen molar-refractivity contribution in [3.63, 3.8) is 0 Å². The molecular formula is C20H21ClN4O3. The second kappa shape index (κ2) is 8.86. The molecule has 0 aliphatic heterocycles. The van der Waals surface area contributed by atoms with Crippen molar-refractivity contribution in [3.8, 4) is 17.2 Å². The van der Waals surface area contributed by atoms with Gasteiger partial charge >= 0.3 is 0 Å². The molecule has 0 aliphatic rings. The molecule has 2 aromatic carbocycles. The lowest BCUT2D eigenvalue weighted by Gasteiger charge is -2.21. The van der Waals surface area contributed by atoms with E-state index in [-0.39, 0.29) is 18.5 Å². The van der Waals surface area contributed by atoms with Crippen molar-refractivity contribution in [3.05, 3.63) is 59.4 Å². The second-order valence-electron chi connectivity index (χ2n) is 6.32. The molecule has 0 radical (unpaired) electrons. The molecule has 7 nitrogen and oxygen atoms in total. The number of nitrogens with one attached hydrogen (secondary N) is 1. The van der Waals surface area contributed by atoms with Gasteiger partial charge in [0.15, 0.2) is 0 Å². The molecular weight excluding hydrogens is 380 g/mol. The molecule has 1 amide bonds. The summed E-state index contributed by atoms with van der Waals surface area (Å²) in [6.45, 7) is 2.07. The number of rotatable bonds is 7. The van der Waals surface area contributed by atoms with Crippen LogP contribution in [-0.4, -0.2) is 41.7 Å². The predicted octanol–water partition coefficient (Wildman–Crippen LogP) is 4.03. The SMILES string of the molecule is COc1ccc(-c2nnc([C@@H](C)N(C)CC(=O)Nc3ccc(Cl)cc3)o2)cc1. The second-order valence-corrected chi connectivity index (χ2v) is 6.76. The Labute approximate surface area is 168 Å². The van der Waals surface area contributed by atoms with E-state index in [1.807, 2.05) is 43.1 Å². The van der Waals surface area contributed by atoms with E-state index >= 15 is 0 Å². The van der Waals surface area contributed by atoms with Crippen LogP contribution in [0.15, 0.2) is 52.9 Å². The number of anilines is 1. The number of hydrogen-bond donors (Lipinski definition) is 1. The molecule has 0 saturated carbocycles. The number of likely N-dealkylation sites (N-methyl/N-ethyl adjacent to an activating group) is 1. The number of aromatic nitrogens is 2. The van der Waals surface area contributed by atoms with Gasteiger partial charge in [0.05, 0.1) is 19.7 Å². The first-order valence-electron chi connectivity index (χ1n) is 8.69. The third-order valence-electron chi connectivity index (χ3n) is 4.32. The standard InChI is InChI=1S/C20H21ClN4O3/c1-13(25(2)12-18(26)22-16-8-6-15(21)7-9-16)19-23-24-20(28-19)14-4-10-17(27-3)11-5-14/h4-11,13H,12H2,1-3H3,(H,22,26)/t13-/m1/s1. The van der Waals surface area contributed by atoms with Gasteiger partial charge in [0.2, 0.25) is 17.7 Å². The van der Waals surface area contributed by atoms with Crippen LogP contribution in [0.5, 0.6) is 5.75 Å². The van der Waals surface area contributed by atoms with Crippen molar-refractivity contribution in [2.24, 2.45) is 0 Å². The summed E-state index contributed by atoms with van der Waals surface area (Å²) in [6, 6.07) is 14.1. The van der Waals surface area contributed by atoms with Crippen molar-refractivity contribution in [2.45, 2.75) is 13.0 Å². The summed E-state index contributed by atoms with van der Waals surface area (Å²) in [5.74, 6) is 1.46. The summed E-state index contributed by atoms with van der Waals surface area (Å²) in [7, 11) is 3.43. The Morgan fingerprint density at radius 1 is 1.18 bits per heavy atom. The lowest BCUT2D eigenvalue weighted by molar-refractivity contribution is -0.117. The number of halogens is 1. The molecule has 0 unspecified atom stereocenters. The highest BCUT2D eigenvalue weighted by atomic mass is 35.5. The van der Waals surface area contributed by atoms with Crippen molar-refractivity contribution in [1.29, 1.82) is 0 Å². The summed E-state index contributed by atoms with van der Waals surface area (Å²) < 4.78 is 10.9. The molecule has 0 aliphatic carbocycles. The van der Waals surface area contributed by atoms with Gasteiger partial charge < -0.3 is 14.5 Å². The minimum Gasteiger partial charge on any atom is -0.497 e. The fraction of sp³-hybridized carbons (Fsp3) is 0.250. The summed E-state index contributed by atoms with van der Waals surface area (Å²) >= 11 is 5.85. The zero-order chi connectivity index (χ0) is 20.1. The maximum atomic E-state index is 12.3. The van der Waals surface area contributed by atoms with Gasteiger partial charge in [-0.2, -0.15) is 0 Å². The average molecular weight is 401 g/mol. The highest BCUT2D eigenvalue weighted by Gasteiger charge is 2.21. The molecule has 146 valence electrons. The van der Waals surface area contributed by atoms with E-state index in [0.29, 0.717) is 22.5 Å². The maximum Gasteiger partial charge on any atom is 0.247 e.